The molecule has 0 aliphatic carbocycles. The van der Waals surface area contributed by atoms with Gasteiger partial charge in [-0.2, -0.15) is 4.98 Å². The first-order chi connectivity index (χ1) is 8.13. The van der Waals surface area contributed by atoms with Gasteiger partial charge < -0.3 is 15.8 Å². The quantitative estimate of drug-likeness (QED) is 0.860. The van der Waals surface area contributed by atoms with Crippen molar-refractivity contribution in [2.75, 3.05) is 11.1 Å². The highest BCUT2D eigenvalue weighted by Gasteiger charge is 2.18. The van der Waals surface area contributed by atoms with E-state index in [2.05, 4.69) is 31.1 Å². The molecule has 1 aromatic heterocycles. The second-order valence-electron chi connectivity index (χ2n) is 6.17. The van der Waals surface area contributed by atoms with Crippen LogP contribution in [-0.4, -0.2) is 16.1 Å². The average Bonchev–Trinajstić information content (AvgIpc) is 2.21. The summed E-state index contributed by atoms with van der Waals surface area (Å²) in [5, 5.41) is 3.37. The first-order valence-corrected chi connectivity index (χ1v) is 6.37. The molecule has 4 nitrogen and oxygen atoms in total. The Labute approximate surface area is 110 Å². The van der Waals surface area contributed by atoms with Crippen LogP contribution in [0.1, 0.15) is 48.0 Å². The van der Waals surface area contributed by atoms with Gasteiger partial charge in [0.1, 0.15) is 11.4 Å². The van der Waals surface area contributed by atoms with Crippen molar-refractivity contribution < 1.29 is 4.74 Å². The minimum Gasteiger partial charge on any atom is -0.470 e. The molecule has 1 heterocycles. The third-order valence-corrected chi connectivity index (χ3v) is 2.64. The van der Waals surface area contributed by atoms with Crippen molar-refractivity contribution in [1.29, 1.82) is 0 Å². The van der Waals surface area contributed by atoms with Crippen LogP contribution in [-0.2, 0) is 0 Å². The van der Waals surface area contributed by atoms with Crippen molar-refractivity contribution in [2.45, 2.75) is 59.1 Å². The molecule has 102 valence electrons. The standard InChI is InChI=1S/C14H25N3O/c1-7-14(5,6)17-11-9-8-10(15)12(16-11)18-13(2,3)4/h8-9H,7,15H2,1-6H3,(H,16,17). The summed E-state index contributed by atoms with van der Waals surface area (Å²) in [5.74, 6) is 1.27. The summed E-state index contributed by atoms with van der Waals surface area (Å²) in [4.78, 5) is 4.43. The summed E-state index contributed by atoms with van der Waals surface area (Å²) in [5.41, 5.74) is 6.13. The number of pyridine rings is 1. The van der Waals surface area contributed by atoms with Crippen LogP contribution in [0.15, 0.2) is 12.1 Å². The Morgan fingerprint density at radius 2 is 1.83 bits per heavy atom. The van der Waals surface area contributed by atoms with Gasteiger partial charge >= 0.3 is 0 Å². The molecule has 0 atom stereocenters. The van der Waals surface area contributed by atoms with Crippen LogP contribution in [0.2, 0.25) is 0 Å². The topological polar surface area (TPSA) is 60.2 Å². The second kappa shape index (κ2) is 5.04. The molecule has 0 aliphatic heterocycles. The lowest BCUT2D eigenvalue weighted by Gasteiger charge is -2.26. The van der Waals surface area contributed by atoms with Crippen molar-refractivity contribution in [3.63, 3.8) is 0 Å². The minimum absolute atomic E-state index is 0.00210. The number of ether oxygens (including phenoxy) is 1. The predicted octanol–water partition coefficient (Wildman–Crippen LogP) is 3.44. The average molecular weight is 251 g/mol. The van der Waals surface area contributed by atoms with E-state index in [4.69, 9.17) is 10.5 Å². The van der Waals surface area contributed by atoms with E-state index in [0.717, 1.165) is 12.2 Å². The molecule has 0 bridgehead atoms. The van der Waals surface area contributed by atoms with Crippen LogP contribution < -0.4 is 15.8 Å². The Bertz CT molecular complexity index is 408. The Hall–Kier alpha value is -1.45. The van der Waals surface area contributed by atoms with Crippen LogP contribution in [0.25, 0.3) is 0 Å². The zero-order valence-electron chi connectivity index (χ0n) is 12.3. The van der Waals surface area contributed by atoms with E-state index >= 15 is 0 Å². The fourth-order valence-corrected chi connectivity index (χ4v) is 1.33. The zero-order chi connectivity index (χ0) is 14.0. The van der Waals surface area contributed by atoms with E-state index in [9.17, 15) is 0 Å². The SMILES string of the molecule is CCC(C)(C)Nc1ccc(N)c(OC(C)(C)C)n1. The van der Waals surface area contributed by atoms with Crippen molar-refractivity contribution >= 4 is 11.5 Å². The van der Waals surface area contributed by atoms with E-state index in [1.54, 1.807) is 0 Å². The summed E-state index contributed by atoms with van der Waals surface area (Å²) in [7, 11) is 0. The lowest BCUT2D eigenvalue weighted by molar-refractivity contribution is 0.125. The molecule has 0 aromatic carbocycles. The molecule has 1 rings (SSSR count). The van der Waals surface area contributed by atoms with Crippen molar-refractivity contribution in [2.24, 2.45) is 0 Å². The van der Waals surface area contributed by atoms with Gasteiger partial charge in [-0.25, -0.2) is 0 Å². The summed E-state index contributed by atoms with van der Waals surface area (Å²) < 4.78 is 5.75. The van der Waals surface area contributed by atoms with Crippen LogP contribution in [0.3, 0.4) is 0 Å². The van der Waals surface area contributed by atoms with Crippen LogP contribution in [0, 0.1) is 0 Å². The lowest BCUT2D eigenvalue weighted by Crippen LogP contribution is -2.30. The molecular formula is C14H25N3O. The molecule has 3 N–H and O–H groups in total. The van der Waals surface area contributed by atoms with Gasteiger partial charge in [-0.3, -0.25) is 0 Å². The number of hydrogen-bond acceptors (Lipinski definition) is 4. The number of hydrogen-bond donors (Lipinski definition) is 2. The Kier molecular flexibility index (Phi) is 4.09. The van der Waals surface area contributed by atoms with Gasteiger partial charge in [0.15, 0.2) is 0 Å². The number of aromatic nitrogens is 1. The largest absolute Gasteiger partial charge is 0.470 e. The Balaban J connectivity index is 2.94. The van der Waals surface area contributed by atoms with Crippen molar-refractivity contribution in [1.82, 2.24) is 4.98 Å². The van der Waals surface area contributed by atoms with E-state index in [1.165, 1.54) is 0 Å². The fraction of sp³-hybridized carbons (Fsp3) is 0.643. The zero-order valence-corrected chi connectivity index (χ0v) is 12.3. The normalized spacial score (nSPS) is 12.3. The van der Waals surface area contributed by atoms with Gasteiger partial charge in [0, 0.05) is 5.54 Å². The van der Waals surface area contributed by atoms with Gasteiger partial charge in [-0.15, -0.1) is 0 Å². The van der Waals surface area contributed by atoms with Crippen LogP contribution in [0.4, 0.5) is 11.5 Å². The highest BCUT2D eigenvalue weighted by Crippen LogP contribution is 2.26. The molecule has 0 saturated carbocycles. The summed E-state index contributed by atoms with van der Waals surface area (Å²) in [6, 6.07) is 3.70. The van der Waals surface area contributed by atoms with Gasteiger partial charge in [-0.1, -0.05) is 6.92 Å². The molecule has 0 unspecified atom stereocenters. The molecule has 0 radical (unpaired) electrons. The molecular weight excluding hydrogens is 226 g/mol. The summed E-state index contributed by atoms with van der Waals surface area (Å²) in [6.45, 7) is 12.3. The molecule has 18 heavy (non-hydrogen) atoms. The van der Waals surface area contributed by atoms with E-state index in [-0.39, 0.29) is 11.1 Å². The number of nitrogen functional groups attached to an aromatic ring is 1. The van der Waals surface area contributed by atoms with Gasteiger partial charge in [0.05, 0.1) is 5.69 Å². The maximum atomic E-state index is 5.88. The number of rotatable bonds is 4. The Morgan fingerprint density at radius 1 is 1.22 bits per heavy atom. The maximum absolute atomic E-state index is 5.88. The lowest BCUT2D eigenvalue weighted by atomic mass is 10.0. The highest BCUT2D eigenvalue weighted by molar-refractivity contribution is 5.54. The smallest absolute Gasteiger partial charge is 0.239 e. The maximum Gasteiger partial charge on any atom is 0.239 e. The molecule has 0 aliphatic rings. The molecule has 0 amide bonds. The van der Waals surface area contributed by atoms with Crippen molar-refractivity contribution in [3.05, 3.63) is 12.1 Å². The van der Waals surface area contributed by atoms with Crippen LogP contribution in [0.5, 0.6) is 5.88 Å². The number of nitrogens with one attached hydrogen (secondary N) is 1. The predicted molar refractivity (Wildman–Crippen MR) is 77.0 cm³/mol. The number of nitrogens with zero attached hydrogens (tertiary/aromatic N) is 1. The van der Waals surface area contributed by atoms with E-state index in [0.29, 0.717) is 11.6 Å². The second-order valence-corrected chi connectivity index (χ2v) is 6.17. The Morgan fingerprint density at radius 3 is 2.33 bits per heavy atom. The van der Waals surface area contributed by atoms with Crippen molar-refractivity contribution in [3.8, 4) is 5.88 Å². The monoisotopic (exact) mass is 251 g/mol. The molecule has 0 fully saturated rings. The minimum atomic E-state index is -0.306. The first kappa shape index (κ1) is 14.6. The molecule has 0 spiro atoms. The van der Waals surface area contributed by atoms with Crippen LogP contribution >= 0.6 is 0 Å². The third kappa shape index (κ3) is 4.43. The highest BCUT2D eigenvalue weighted by atomic mass is 16.5. The van der Waals surface area contributed by atoms with Gasteiger partial charge in [0.25, 0.3) is 0 Å². The number of anilines is 2. The van der Waals surface area contributed by atoms with Gasteiger partial charge in [0.2, 0.25) is 5.88 Å². The summed E-state index contributed by atoms with van der Waals surface area (Å²) >= 11 is 0. The van der Waals surface area contributed by atoms with E-state index in [1.807, 2.05) is 32.9 Å². The number of nitrogens with two attached hydrogens (primary N) is 1. The first-order valence-electron chi connectivity index (χ1n) is 6.37. The van der Waals surface area contributed by atoms with Gasteiger partial charge in [-0.05, 0) is 53.2 Å². The molecule has 0 saturated heterocycles. The fourth-order valence-electron chi connectivity index (χ4n) is 1.33. The molecule has 4 heteroatoms. The van der Waals surface area contributed by atoms with E-state index < -0.39 is 0 Å². The molecule has 1 aromatic rings. The third-order valence-electron chi connectivity index (χ3n) is 2.64. The summed E-state index contributed by atoms with van der Waals surface area (Å²) in [6.07, 6.45) is 1.01.